The number of fused-ring (bicyclic) bond motifs is 1. The van der Waals surface area contributed by atoms with E-state index in [2.05, 4.69) is 22.1 Å². The second-order valence-corrected chi connectivity index (χ2v) is 8.10. The minimum Gasteiger partial charge on any atom is -0.493 e. The van der Waals surface area contributed by atoms with Crippen molar-refractivity contribution >= 4 is 0 Å². The molecule has 3 aromatic carbocycles. The van der Waals surface area contributed by atoms with Gasteiger partial charge in [0.2, 0.25) is 5.89 Å². The van der Waals surface area contributed by atoms with Gasteiger partial charge in [-0.15, -0.1) is 5.10 Å². The number of aromatic nitrogens is 2. The van der Waals surface area contributed by atoms with Crippen LogP contribution in [0.15, 0.2) is 75.9 Å². The number of halogens is 1. The molecule has 0 spiro atoms. The van der Waals surface area contributed by atoms with Gasteiger partial charge in [0.25, 0.3) is 0 Å². The standard InChI is InChI=1S/C26H24FN3O4/c1-32-22-14-19-12-13-29(24(17-6-4-3-5-7-17)21(19)15-23(22)33-2)16-30-26(31)34-25(28-30)18-8-10-20(27)11-9-18/h3-11,14-15,24H,12-13,16H2,1-2H3/t24-/m0/s1. The number of ether oxygens (including phenoxy) is 2. The molecule has 1 atom stereocenters. The third kappa shape index (κ3) is 4.08. The van der Waals surface area contributed by atoms with Crippen LogP contribution in [0.3, 0.4) is 0 Å². The highest BCUT2D eigenvalue weighted by Gasteiger charge is 2.31. The minimum absolute atomic E-state index is 0.123. The minimum atomic E-state index is -0.566. The fraction of sp³-hybridized carbons (Fsp3) is 0.231. The maximum absolute atomic E-state index is 13.3. The van der Waals surface area contributed by atoms with Crippen LogP contribution in [-0.4, -0.2) is 35.4 Å². The highest BCUT2D eigenvalue weighted by atomic mass is 19.1. The van der Waals surface area contributed by atoms with E-state index < -0.39 is 5.76 Å². The van der Waals surface area contributed by atoms with Gasteiger partial charge in [-0.3, -0.25) is 4.90 Å². The molecule has 8 heteroatoms. The first-order valence-electron chi connectivity index (χ1n) is 10.9. The van der Waals surface area contributed by atoms with E-state index in [4.69, 9.17) is 13.9 Å². The second-order valence-electron chi connectivity index (χ2n) is 8.10. The summed E-state index contributed by atoms with van der Waals surface area (Å²) in [6.07, 6.45) is 0.774. The fourth-order valence-electron chi connectivity index (χ4n) is 4.45. The van der Waals surface area contributed by atoms with Gasteiger partial charge in [-0.25, -0.2) is 9.18 Å². The van der Waals surface area contributed by atoms with E-state index in [-0.39, 0.29) is 24.4 Å². The Balaban J connectivity index is 1.53. The van der Waals surface area contributed by atoms with Crippen LogP contribution in [0.1, 0.15) is 22.7 Å². The topological polar surface area (TPSA) is 69.7 Å². The largest absolute Gasteiger partial charge is 0.493 e. The van der Waals surface area contributed by atoms with Crippen LogP contribution in [0, 0.1) is 5.82 Å². The molecule has 0 saturated carbocycles. The van der Waals surface area contributed by atoms with Gasteiger partial charge in [-0.1, -0.05) is 30.3 Å². The summed E-state index contributed by atoms with van der Waals surface area (Å²) >= 11 is 0. The summed E-state index contributed by atoms with van der Waals surface area (Å²) in [5.41, 5.74) is 3.89. The summed E-state index contributed by atoms with van der Waals surface area (Å²) in [5, 5.41) is 4.38. The third-order valence-electron chi connectivity index (χ3n) is 6.10. The van der Waals surface area contributed by atoms with Gasteiger partial charge in [0.1, 0.15) is 12.5 Å². The van der Waals surface area contributed by atoms with Crippen LogP contribution in [-0.2, 0) is 13.1 Å². The predicted molar refractivity (Wildman–Crippen MR) is 124 cm³/mol. The number of nitrogens with zero attached hydrogens (tertiary/aromatic N) is 3. The zero-order valence-corrected chi connectivity index (χ0v) is 18.9. The fourth-order valence-corrected chi connectivity index (χ4v) is 4.45. The van der Waals surface area contributed by atoms with Crippen molar-refractivity contribution in [3.8, 4) is 23.0 Å². The summed E-state index contributed by atoms with van der Waals surface area (Å²) in [6, 6.07) is 19.7. The van der Waals surface area contributed by atoms with Crippen LogP contribution in [0.2, 0.25) is 0 Å². The molecule has 4 aromatic rings. The van der Waals surface area contributed by atoms with Crippen molar-refractivity contribution in [2.24, 2.45) is 0 Å². The van der Waals surface area contributed by atoms with Crippen molar-refractivity contribution in [2.75, 3.05) is 20.8 Å². The molecule has 0 N–H and O–H groups in total. The maximum Gasteiger partial charge on any atom is 0.438 e. The lowest BCUT2D eigenvalue weighted by molar-refractivity contribution is 0.151. The quantitative estimate of drug-likeness (QED) is 0.427. The normalized spacial score (nSPS) is 15.7. The van der Waals surface area contributed by atoms with E-state index in [0.717, 1.165) is 17.5 Å². The zero-order chi connectivity index (χ0) is 23.7. The van der Waals surface area contributed by atoms with E-state index in [9.17, 15) is 9.18 Å². The molecule has 0 amide bonds. The molecular weight excluding hydrogens is 437 g/mol. The van der Waals surface area contributed by atoms with E-state index in [1.807, 2.05) is 30.3 Å². The predicted octanol–water partition coefficient (Wildman–Crippen LogP) is 4.26. The summed E-state index contributed by atoms with van der Waals surface area (Å²) in [7, 11) is 3.25. The SMILES string of the molecule is COc1cc2c(cc1OC)[C@H](c1ccccc1)N(Cn1nc(-c3ccc(F)cc3)oc1=O)CC2. The van der Waals surface area contributed by atoms with Crippen molar-refractivity contribution in [2.45, 2.75) is 19.1 Å². The van der Waals surface area contributed by atoms with E-state index in [0.29, 0.717) is 23.6 Å². The van der Waals surface area contributed by atoms with Gasteiger partial charge in [-0.2, -0.15) is 4.68 Å². The first kappa shape index (κ1) is 21.9. The molecule has 0 saturated heterocycles. The Bertz CT molecular complexity index is 1350. The number of hydrogen-bond acceptors (Lipinski definition) is 6. The lowest BCUT2D eigenvalue weighted by Crippen LogP contribution is -2.39. The van der Waals surface area contributed by atoms with Crippen LogP contribution < -0.4 is 15.2 Å². The van der Waals surface area contributed by atoms with Gasteiger partial charge >= 0.3 is 5.76 Å². The van der Waals surface area contributed by atoms with Crippen molar-refractivity contribution in [1.29, 1.82) is 0 Å². The van der Waals surface area contributed by atoms with Crippen LogP contribution in [0.25, 0.3) is 11.5 Å². The lowest BCUT2D eigenvalue weighted by atomic mass is 9.88. The number of benzene rings is 3. The van der Waals surface area contributed by atoms with Crippen LogP contribution >= 0.6 is 0 Å². The van der Waals surface area contributed by atoms with Gasteiger partial charge in [-0.05, 0) is 59.5 Å². The molecule has 2 heterocycles. The summed E-state index contributed by atoms with van der Waals surface area (Å²) in [5.74, 6) is 0.573. The van der Waals surface area contributed by atoms with Gasteiger partial charge in [0, 0.05) is 12.1 Å². The molecule has 5 rings (SSSR count). The Morgan fingerprint density at radius 2 is 1.74 bits per heavy atom. The average Bonchev–Trinajstić information content (AvgIpc) is 3.23. The van der Waals surface area contributed by atoms with Gasteiger partial charge in [0.15, 0.2) is 11.5 Å². The highest BCUT2D eigenvalue weighted by Crippen LogP contribution is 2.41. The number of methoxy groups -OCH3 is 2. The molecule has 0 fully saturated rings. The molecule has 0 bridgehead atoms. The van der Waals surface area contributed by atoms with Gasteiger partial charge in [0.05, 0.1) is 20.3 Å². The molecule has 0 aliphatic carbocycles. The Kier molecular flexibility index (Phi) is 5.90. The molecule has 34 heavy (non-hydrogen) atoms. The lowest BCUT2D eigenvalue weighted by Gasteiger charge is -2.37. The zero-order valence-electron chi connectivity index (χ0n) is 18.9. The molecule has 0 unspecified atom stereocenters. The Morgan fingerprint density at radius 3 is 2.44 bits per heavy atom. The van der Waals surface area contributed by atoms with Crippen molar-refractivity contribution < 1.29 is 18.3 Å². The number of hydrogen-bond donors (Lipinski definition) is 0. The summed E-state index contributed by atoms with van der Waals surface area (Å²) in [6.45, 7) is 0.935. The number of rotatable bonds is 6. The molecule has 1 aromatic heterocycles. The van der Waals surface area contributed by atoms with E-state index >= 15 is 0 Å². The molecule has 174 valence electrons. The Morgan fingerprint density at radius 1 is 1.03 bits per heavy atom. The van der Waals surface area contributed by atoms with E-state index in [1.54, 1.807) is 14.2 Å². The van der Waals surface area contributed by atoms with Crippen molar-refractivity contribution in [1.82, 2.24) is 14.7 Å². The monoisotopic (exact) mass is 461 g/mol. The smallest absolute Gasteiger partial charge is 0.438 e. The molecule has 7 nitrogen and oxygen atoms in total. The first-order valence-corrected chi connectivity index (χ1v) is 10.9. The first-order chi connectivity index (χ1) is 16.6. The average molecular weight is 461 g/mol. The molecule has 1 aliphatic rings. The summed E-state index contributed by atoms with van der Waals surface area (Å²) in [4.78, 5) is 14.8. The molecule has 1 aliphatic heterocycles. The highest BCUT2D eigenvalue weighted by molar-refractivity contribution is 5.52. The van der Waals surface area contributed by atoms with Crippen molar-refractivity contribution in [3.63, 3.8) is 0 Å². The van der Waals surface area contributed by atoms with E-state index in [1.165, 1.54) is 34.5 Å². The molecule has 0 radical (unpaired) electrons. The summed E-state index contributed by atoms with van der Waals surface area (Å²) < 4.78 is 31.0. The Labute approximate surface area is 196 Å². The third-order valence-corrected chi connectivity index (χ3v) is 6.10. The van der Waals surface area contributed by atoms with Crippen LogP contribution in [0.5, 0.6) is 11.5 Å². The Hall–Kier alpha value is -3.91. The van der Waals surface area contributed by atoms with Gasteiger partial charge < -0.3 is 13.9 Å². The van der Waals surface area contributed by atoms with Crippen LogP contribution in [0.4, 0.5) is 4.39 Å². The van der Waals surface area contributed by atoms with Crippen molar-refractivity contribution in [3.05, 3.63) is 99.8 Å². The molecular formula is C26H24FN3O4. The second kappa shape index (κ2) is 9.15. The maximum atomic E-state index is 13.3.